The number of aromatic nitrogens is 2. The highest BCUT2D eigenvalue weighted by atomic mass is 16.5. The molecule has 0 bridgehead atoms. The minimum atomic E-state index is -0.868. The van der Waals surface area contributed by atoms with Crippen LogP contribution in [0.1, 0.15) is 18.6 Å². The van der Waals surface area contributed by atoms with E-state index >= 15 is 0 Å². The molecular weight excluding hydrogens is 186 g/mol. The maximum Gasteiger partial charge on any atom is 0.320 e. The summed E-state index contributed by atoms with van der Waals surface area (Å²) >= 11 is 0. The molecule has 14 heavy (non-hydrogen) atoms. The Labute approximate surface area is 81.5 Å². The Balaban J connectivity index is 2.56. The lowest BCUT2D eigenvalue weighted by molar-refractivity contribution is -0.142. The number of nitrogens with zero attached hydrogens (tertiary/aromatic N) is 3. The quantitative estimate of drug-likeness (QED) is 0.750. The van der Waals surface area contributed by atoms with Gasteiger partial charge in [-0.05, 0) is 14.0 Å². The van der Waals surface area contributed by atoms with Gasteiger partial charge in [-0.15, -0.1) is 0 Å². The van der Waals surface area contributed by atoms with Gasteiger partial charge >= 0.3 is 5.97 Å². The molecule has 1 unspecified atom stereocenters. The largest absolute Gasteiger partial charge is 0.480 e. The number of carboxylic acid groups (broad SMARTS) is 1. The third-order valence-electron chi connectivity index (χ3n) is 1.98. The lowest BCUT2D eigenvalue weighted by Gasteiger charge is -2.18. The van der Waals surface area contributed by atoms with E-state index in [4.69, 9.17) is 9.63 Å². The maximum atomic E-state index is 10.6. The van der Waals surface area contributed by atoms with Gasteiger partial charge in [0.1, 0.15) is 6.04 Å². The van der Waals surface area contributed by atoms with Crippen LogP contribution in [0, 0.1) is 6.92 Å². The van der Waals surface area contributed by atoms with Gasteiger partial charge in [-0.2, -0.15) is 4.98 Å². The molecule has 6 nitrogen and oxygen atoms in total. The summed E-state index contributed by atoms with van der Waals surface area (Å²) in [7, 11) is 1.70. The topological polar surface area (TPSA) is 79.5 Å². The van der Waals surface area contributed by atoms with E-state index in [1.54, 1.807) is 25.8 Å². The van der Waals surface area contributed by atoms with Crippen LogP contribution < -0.4 is 0 Å². The normalized spacial score (nSPS) is 13.1. The van der Waals surface area contributed by atoms with Crippen molar-refractivity contribution in [2.45, 2.75) is 26.4 Å². The van der Waals surface area contributed by atoms with Crippen LogP contribution in [0.2, 0.25) is 0 Å². The van der Waals surface area contributed by atoms with Gasteiger partial charge in [0.2, 0.25) is 5.89 Å². The van der Waals surface area contributed by atoms with Gasteiger partial charge < -0.3 is 9.63 Å². The fourth-order valence-corrected chi connectivity index (χ4v) is 0.954. The molecule has 0 fully saturated rings. The molecule has 1 aromatic heterocycles. The summed E-state index contributed by atoms with van der Waals surface area (Å²) in [5.41, 5.74) is 0. The van der Waals surface area contributed by atoms with Gasteiger partial charge in [-0.25, -0.2) is 0 Å². The molecule has 1 aromatic rings. The third kappa shape index (κ3) is 2.53. The predicted molar refractivity (Wildman–Crippen MR) is 47.6 cm³/mol. The summed E-state index contributed by atoms with van der Waals surface area (Å²) in [4.78, 5) is 16.2. The monoisotopic (exact) mass is 199 g/mol. The first-order chi connectivity index (χ1) is 6.50. The first-order valence-electron chi connectivity index (χ1n) is 4.23. The summed E-state index contributed by atoms with van der Waals surface area (Å²) < 4.78 is 4.77. The fraction of sp³-hybridized carbons (Fsp3) is 0.625. The highest BCUT2D eigenvalue weighted by Crippen LogP contribution is 2.03. The van der Waals surface area contributed by atoms with Crippen LogP contribution in [0.4, 0.5) is 0 Å². The molecule has 0 spiro atoms. The van der Waals surface area contributed by atoms with Crippen LogP contribution in [0.25, 0.3) is 0 Å². The van der Waals surface area contributed by atoms with Gasteiger partial charge in [-0.3, -0.25) is 9.69 Å². The minimum Gasteiger partial charge on any atom is -0.480 e. The Morgan fingerprint density at radius 1 is 1.71 bits per heavy atom. The van der Waals surface area contributed by atoms with Crippen molar-refractivity contribution in [3.05, 3.63) is 11.7 Å². The van der Waals surface area contributed by atoms with Crippen LogP contribution >= 0.6 is 0 Å². The van der Waals surface area contributed by atoms with Gasteiger partial charge in [0.05, 0.1) is 6.54 Å². The molecule has 0 amide bonds. The molecule has 1 atom stereocenters. The molecule has 0 saturated heterocycles. The zero-order valence-electron chi connectivity index (χ0n) is 8.39. The Kier molecular flexibility index (Phi) is 3.19. The Hall–Kier alpha value is -1.43. The molecule has 0 aliphatic carbocycles. The summed E-state index contributed by atoms with van der Waals surface area (Å²) in [5.74, 6) is 0.113. The van der Waals surface area contributed by atoms with Crippen LogP contribution in [0.5, 0.6) is 0 Å². The van der Waals surface area contributed by atoms with Crippen molar-refractivity contribution in [1.29, 1.82) is 0 Å². The number of rotatable bonds is 4. The molecule has 0 saturated carbocycles. The Morgan fingerprint density at radius 2 is 2.36 bits per heavy atom. The molecule has 0 aliphatic rings. The number of hydrogen-bond acceptors (Lipinski definition) is 5. The van der Waals surface area contributed by atoms with E-state index in [0.717, 1.165) is 0 Å². The lowest BCUT2D eigenvalue weighted by Crippen LogP contribution is -2.35. The van der Waals surface area contributed by atoms with Crippen LogP contribution in [-0.2, 0) is 11.3 Å². The molecule has 1 heterocycles. The number of hydrogen-bond donors (Lipinski definition) is 1. The molecule has 6 heteroatoms. The van der Waals surface area contributed by atoms with Gasteiger partial charge in [-0.1, -0.05) is 5.16 Å². The van der Waals surface area contributed by atoms with Crippen molar-refractivity contribution in [3.8, 4) is 0 Å². The highest BCUT2D eigenvalue weighted by Gasteiger charge is 2.18. The van der Waals surface area contributed by atoms with Crippen molar-refractivity contribution >= 4 is 5.97 Å². The van der Waals surface area contributed by atoms with E-state index in [0.29, 0.717) is 18.3 Å². The Bertz CT molecular complexity index is 323. The maximum absolute atomic E-state index is 10.6. The zero-order valence-corrected chi connectivity index (χ0v) is 8.39. The van der Waals surface area contributed by atoms with E-state index in [1.807, 2.05) is 0 Å². The average molecular weight is 199 g/mol. The van der Waals surface area contributed by atoms with Crippen LogP contribution in [-0.4, -0.2) is 39.2 Å². The number of likely N-dealkylation sites (N-methyl/N-ethyl adjacent to an activating group) is 1. The summed E-state index contributed by atoms with van der Waals surface area (Å²) in [6.45, 7) is 3.66. The zero-order chi connectivity index (χ0) is 10.7. The van der Waals surface area contributed by atoms with E-state index in [-0.39, 0.29) is 0 Å². The summed E-state index contributed by atoms with van der Waals surface area (Å²) in [6.07, 6.45) is 0. The fourth-order valence-electron chi connectivity index (χ4n) is 0.954. The second-order valence-corrected chi connectivity index (χ2v) is 3.16. The van der Waals surface area contributed by atoms with Crippen molar-refractivity contribution < 1.29 is 14.4 Å². The molecule has 0 radical (unpaired) electrons. The Morgan fingerprint density at radius 3 is 2.79 bits per heavy atom. The number of carboxylic acids is 1. The number of aliphatic carboxylic acids is 1. The second-order valence-electron chi connectivity index (χ2n) is 3.16. The molecule has 0 aliphatic heterocycles. The van der Waals surface area contributed by atoms with E-state index in [1.165, 1.54) is 0 Å². The lowest BCUT2D eigenvalue weighted by atomic mass is 10.3. The smallest absolute Gasteiger partial charge is 0.320 e. The van der Waals surface area contributed by atoms with Gasteiger partial charge in [0, 0.05) is 6.92 Å². The predicted octanol–water partition coefficient (Wildman–Crippen LogP) is 0.283. The number of aryl methyl sites for hydroxylation is 1. The highest BCUT2D eigenvalue weighted by molar-refractivity contribution is 5.72. The second kappa shape index (κ2) is 4.19. The average Bonchev–Trinajstić information content (AvgIpc) is 2.49. The van der Waals surface area contributed by atoms with E-state index < -0.39 is 12.0 Å². The molecular formula is C8H13N3O3. The number of carbonyl (C=O) groups is 1. The molecule has 1 N–H and O–H groups in total. The van der Waals surface area contributed by atoms with E-state index in [9.17, 15) is 4.79 Å². The summed E-state index contributed by atoms with van der Waals surface area (Å²) in [6, 6.07) is -0.561. The van der Waals surface area contributed by atoms with Crippen molar-refractivity contribution in [1.82, 2.24) is 15.0 Å². The first-order valence-corrected chi connectivity index (χ1v) is 4.23. The molecule has 0 aromatic carbocycles. The SMILES string of the molecule is Cc1nc(CN(C)C(C)C(=O)O)no1. The minimum absolute atomic E-state index is 0.366. The standard InChI is InChI=1S/C8H13N3O3/c1-5(8(12)13)11(3)4-7-9-6(2)14-10-7/h5H,4H2,1-3H3,(H,12,13). The van der Waals surface area contributed by atoms with Gasteiger partial charge in [0.15, 0.2) is 5.82 Å². The van der Waals surface area contributed by atoms with Crippen LogP contribution in [0.15, 0.2) is 4.52 Å². The summed E-state index contributed by atoms with van der Waals surface area (Å²) in [5, 5.41) is 12.4. The van der Waals surface area contributed by atoms with Gasteiger partial charge in [0.25, 0.3) is 0 Å². The third-order valence-corrected chi connectivity index (χ3v) is 1.98. The van der Waals surface area contributed by atoms with E-state index in [2.05, 4.69) is 10.1 Å². The first kappa shape index (κ1) is 10.6. The molecule has 1 rings (SSSR count). The van der Waals surface area contributed by atoms with Crippen molar-refractivity contribution in [2.24, 2.45) is 0 Å². The molecule has 78 valence electrons. The van der Waals surface area contributed by atoms with Crippen LogP contribution in [0.3, 0.4) is 0 Å². The van der Waals surface area contributed by atoms with Crippen molar-refractivity contribution in [3.63, 3.8) is 0 Å². The van der Waals surface area contributed by atoms with Crippen molar-refractivity contribution in [2.75, 3.05) is 7.05 Å².